The van der Waals surface area contributed by atoms with Gasteiger partial charge < -0.3 is 26.1 Å². The first-order valence-electron chi connectivity index (χ1n) is 13.0. The van der Waals surface area contributed by atoms with Crippen LogP contribution in [-0.4, -0.2) is 76.4 Å². The maximum absolute atomic E-state index is 13.2. The molecule has 4 N–H and O–H groups in total. The number of likely N-dealkylation sites (tertiary alicyclic amines) is 1. The average Bonchev–Trinajstić information content (AvgIpc) is 3.62. The highest BCUT2D eigenvalue weighted by molar-refractivity contribution is 7.19. The molecule has 4 heterocycles. The Labute approximate surface area is 232 Å². The number of amides is 2. The van der Waals surface area contributed by atoms with Crippen LogP contribution in [0.3, 0.4) is 0 Å². The van der Waals surface area contributed by atoms with Crippen LogP contribution < -0.4 is 16.0 Å². The lowest BCUT2D eigenvalue weighted by molar-refractivity contribution is -0.117. The third-order valence-electron chi connectivity index (χ3n) is 6.71. The molecule has 4 rings (SSSR count). The van der Waals surface area contributed by atoms with Crippen molar-refractivity contribution < 1.29 is 14.3 Å². The first kappa shape index (κ1) is 28.4. The van der Waals surface area contributed by atoms with E-state index in [1.807, 2.05) is 0 Å². The minimum absolute atomic E-state index is 0.0632. The fraction of sp³-hybridized carbons (Fsp3) is 0.444. The topological polar surface area (TPSA) is 137 Å². The average molecular weight is 553 g/mol. The van der Waals surface area contributed by atoms with Crippen molar-refractivity contribution in [2.45, 2.75) is 52.1 Å². The van der Waals surface area contributed by atoms with E-state index in [1.54, 1.807) is 43.2 Å². The molecule has 1 aliphatic heterocycles. The molecular weight excluding hydrogens is 516 g/mol. The van der Waals surface area contributed by atoms with E-state index in [0.717, 1.165) is 24.3 Å². The molecule has 11 nitrogen and oxygen atoms in total. The number of methoxy groups -OCH3 is 1. The summed E-state index contributed by atoms with van der Waals surface area (Å²) in [6, 6.07) is 2.38. The van der Waals surface area contributed by atoms with Gasteiger partial charge >= 0.3 is 0 Å². The van der Waals surface area contributed by atoms with Crippen molar-refractivity contribution >= 4 is 51.1 Å². The minimum atomic E-state index is -0.330. The van der Waals surface area contributed by atoms with Gasteiger partial charge in [-0.25, -0.2) is 4.52 Å². The van der Waals surface area contributed by atoms with Crippen molar-refractivity contribution in [3.63, 3.8) is 0 Å². The summed E-state index contributed by atoms with van der Waals surface area (Å²) in [6.45, 7) is 8.31. The SMILES string of the molecule is COCCN/C=C(\C=N)c1cn2ncc(C(=O)Nc3cc(NC(=O)CC4CCCN4C(C)C)cnc3C)c2s1. The predicted molar refractivity (Wildman–Crippen MR) is 155 cm³/mol. The first-order valence-corrected chi connectivity index (χ1v) is 13.9. The van der Waals surface area contributed by atoms with Crippen molar-refractivity contribution in [2.24, 2.45) is 0 Å². The summed E-state index contributed by atoms with van der Waals surface area (Å²) in [5, 5.41) is 21.1. The van der Waals surface area contributed by atoms with Crippen molar-refractivity contribution in [1.29, 1.82) is 5.41 Å². The molecule has 2 amide bonds. The molecule has 0 bridgehead atoms. The number of ether oxygens (including phenoxy) is 1. The predicted octanol–water partition coefficient (Wildman–Crippen LogP) is 3.78. The number of carbonyl (C=O) groups is 2. The fourth-order valence-corrected chi connectivity index (χ4v) is 5.75. The highest BCUT2D eigenvalue weighted by atomic mass is 32.1. The lowest BCUT2D eigenvalue weighted by Crippen LogP contribution is -2.37. The van der Waals surface area contributed by atoms with Gasteiger partial charge in [-0.3, -0.25) is 19.5 Å². The lowest BCUT2D eigenvalue weighted by atomic mass is 10.1. The molecule has 3 aromatic rings. The van der Waals surface area contributed by atoms with E-state index in [0.29, 0.717) is 58.6 Å². The smallest absolute Gasteiger partial charge is 0.260 e. The lowest BCUT2D eigenvalue weighted by Gasteiger charge is -2.27. The van der Waals surface area contributed by atoms with Gasteiger partial charge in [-0.2, -0.15) is 5.10 Å². The van der Waals surface area contributed by atoms with Gasteiger partial charge in [-0.1, -0.05) is 0 Å². The second-order valence-electron chi connectivity index (χ2n) is 9.79. The van der Waals surface area contributed by atoms with Crippen LogP contribution in [0.1, 0.15) is 54.0 Å². The number of carbonyl (C=O) groups excluding carboxylic acids is 2. The molecule has 1 atom stereocenters. The number of hydrogen-bond acceptors (Lipinski definition) is 9. The van der Waals surface area contributed by atoms with E-state index in [9.17, 15) is 9.59 Å². The summed E-state index contributed by atoms with van der Waals surface area (Å²) in [5.74, 6) is -0.393. The van der Waals surface area contributed by atoms with E-state index >= 15 is 0 Å². The summed E-state index contributed by atoms with van der Waals surface area (Å²) in [7, 11) is 1.63. The molecule has 0 saturated carbocycles. The quantitative estimate of drug-likeness (QED) is 0.198. The maximum atomic E-state index is 13.2. The summed E-state index contributed by atoms with van der Waals surface area (Å²) >= 11 is 1.37. The Morgan fingerprint density at radius 3 is 2.87 bits per heavy atom. The van der Waals surface area contributed by atoms with Crippen LogP contribution in [0.15, 0.2) is 30.9 Å². The summed E-state index contributed by atoms with van der Waals surface area (Å²) in [5.41, 5.74) is 2.77. The van der Waals surface area contributed by atoms with Crippen molar-refractivity contribution in [1.82, 2.24) is 24.8 Å². The normalized spacial score (nSPS) is 16.1. The molecule has 208 valence electrons. The highest BCUT2D eigenvalue weighted by Gasteiger charge is 2.28. The number of anilines is 2. The highest BCUT2D eigenvalue weighted by Crippen LogP contribution is 2.28. The zero-order chi connectivity index (χ0) is 27.9. The third kappa shape index (κ3) is 6.88. The molecule has 0 aliphatic carbocycles. The minimum Gasteiger partial charge on any atom is -0.388 e. The Bertz CT molecular complexity index is 1360. The number of rotatable bonds is 12. The van der Waals surface area contributed by atoms with Gasteiger partial charge in [0.2, 0.25) is 5.91 Å². The fourth-order valence-electron chi connectivity index (χ4n) is 4.70. The van der Waals surface area contributed by atoms with Gasteiger partial charge in [0.15, 0.2) is 0 Å². The molecule has 3 aromatic heterocycles. The summed E-state index contributed by atoms with van der Waals surface area (Å²) < 4.78 is 6.66. The van der Waals surface area contributed by atoms with Crippen molar-refractivity contribution in [3.8, 4) is 0 Å². The van der Waals surface area contributed by atoms with Crippen LogP contribution in [0, 0.1) is 12.3 Å². The zero-order valence-corrected chi connectivity index (χ0v) is 23.6. The summed E-state index contributed by atoms with van der Waals surface area (Å²) in [4.78, 5) is 34.2. The number of aromatic nitrogens is 3. The monoisotopic (exact) mass is 552 g/mol. The Morgan fingerprint density at radius 1 is 1.31 bits per heavy atom. The van der Waals surface area contributed by atoms with Crippen LogP contribution >= 0.6 is 11.3 Å². The molecule has 1 saturated heterocycles. The Hall–Kier alpha value is -3.61. The number of thiazole rings is 1. The molecule has 0 radical (unpaired) electrons. The number of pyridine rings is 1. The summed E-state index contributed by atoms with van der Waals surface area (Å²) in [6.07, 6.45) is 10.5. The molecule has 0 spiro atoms. The number of nitrogens with one attached hydrogen (secondary N) is 4. The second-order valence-corrected chi connectivity index (χ2v) is 10.8. The van der Waals surface area contributed by atoms with Crippen LogP contribution in [0.5, 0.6) is 0 Å². The Morgan fingerprint density at radius 2 is 2.13 bits per heavy atom. The van der Waals surface area contributed by atoms with Gasteiger partial charge in [0.25, 0.3) is 5.91 Å². The zero-order valence-electron chi connectivity index (χ0n) is 22.8. The van der Waals surface area contributed by atoms with E-state index in [1.165, 1.54) is 23.7 Å². The van der Waals surface area contributed by atoms with Gasteiger partial charge in [0.1, 0.15) is 4.83 Å². The van der Waals surface area contributed by atoms with Crippen LogP contribution in [0.4, 0.5) is 11.4 Å². The molecule has 1 aliphatic rings. The van der Waals surface area contributed by atoms with Crippen LogP contribution in [0.2, 0.25) is 0 Å². The van der Waals surface area contributed by atoms with Crippen molar-refractivity contribution in [3.05, 3.63) is 47.0 Å². The van der Waals surface area contributed by atoms with Gasteiger partial charge in [-0.05, 0) is 46.2 Å². The van der Waals surface area contributed by atoms with E-state index in [2.05, 4.69) is 44.8 Å². The number of hydrogen-bond donors (Lipinski definition) is 4. The van der Waals surface area contributed by atoms with Gasteiger partial charge in [0, 0.05) is 56.3 Å². The Balaban J connectivity index is 1.44. The molecule has 12 heteroatoms. The molecular formula is C27H36N8O3S. The second kappa shape index (κ2) is 13.0. The standard InChI is InChI=1S/C27H36N8O3S/c1-17(2)34-8-5-6-21(34)11-25(36)32-20-10-23(18(3)30-14-20)33-26(37)22-15-31-35-16-24(39-27(22)35)19(12-28)13-29-7-9-38-4/h10,12-17,21,28-29H,5-9,11H2,1-4H3,(H,32,36)(H,33,37)/b19-13+,28-12?. The number of allylic oxidation sites excluding steroid dienone is 1. The number of nitrogens with zero attached hydrogens (tertiary/aromatic N) is 4. The third-order valence-corrected chi connectivity index (χ3v) is 7.88. The van der Waals surface area contributed by atoms with E-state index < -0.39 is 0 Å². The van der Waals surface area contributed by atoms with Gasteiger partial charge in [0.05, 0.1) is 46.5 Å². The maximum Gasteiger partial charge on any atom is 0.260 e. The largest absolute Gasteiger partial charge is 0.388 e. The van der Waals surface area contributed by atoms with E-state index in [4.69, 9.17) is 10.1 Å². The molecule has 1 unspecified atom stereocenters. The number of aryl methyl sites for hydroxylation is 1. The molecule has 1 fully saturated rings. The molecule has 0 aromatic carbocycles. The van der Waals surface area contributed by atoms with Crippen LogP contribution in [-0.2, 0) is 9.53 Å². The van der Waals surface area contributed by atoms with E-state index in [-0.39, 0.29) is 17.9 Å². The first-order chi connectivity index (χ1) is 18.8. The van der Waals surface area contributed by atoms with Crippen LogP contribution in [0.25, 0.3) is 10.4 Å². The number of fused-ring (bicyclic) bond motifs is 1. The Kier molecular flexibility index (Phi) is 9.44. The van der Waals surface area contributed by atoms with Crippen molar-refractivity contribution in [2.75, 3.05) is 37.4 Å². The molecule has 39 heavy (non-hydrogen) atoms. The van der Waals surface area contributed by atoms with Gasteiger partial charge in [-0.15, -0.1) is 11.3 Å².